The lowest BCUT2D eigenvalue weighted by Gasteiger charge is -2.15. The van der Waals surface area contributed by atoms with Crippen LogP contribution < -0.4 is 11.1 Å². The summed E-state index contributed by atoms with van der Waals surface area (Å²) in [5, 5.41) is 2.91. The summed E-state index contributed by atoms with van der Waals surface area (Å²) >= 11 is 0. The fourth-order valence-corrected chi connectivity index (χ4v) is 1.38. The van der Waals surface area contributed by atoms with Gasteiger partial charge in [0, 0.05) is 20.2 Å². The minimum atomic E-state index is -0.160. The minimum Gasteiger partial charge on any atom is -0.380 e. The van der Waals surface area contributed by atoms with Crippen LogP contribution in [0.4, 0.5) is 0 Å². The number of amides is 1. The molecule has 1 amide bonds. The third kappa shape index (κ3) is 6.47. The van der Waals surface area contributed by atoms with Gasteiger partial charge in [-0.15, -0.1) is 0 Å². The molecule has 1 unspecified atom stereocenters. The summed E-state index contributed by atoms with van der Waals surface area (Å²) in [5.41, 5.74) is 5.43. The van der Waals surface area contributed by atoms with E-state index in [4.69, 9.17) is 10.5 Å². The smallest absolute Gasteiger partial charge is 0.222 e. The first-order valence-corrected chi connectivity index (χ1v) is 5.67. The summed E-state index contributed by atoms with van der Waals surface area (Å²) in [6.07, 6.45) is 2.39. The van der Waals surface area contributed by atoms with Crippen LogP contribution in [-0.4, -0.2) is 32.2 Å². The van der Waals surface area contributed by atoms with Gasteiger partial charge in [0.15, 0.2) is 0 Å². The maximum absolute atomic E-state index is 11.5. The van der Waals surface area contributed by atoms with Crippen molar-refractivity contribution < 1.29 is 9.53 Å². The van der Waals surface area contributed by atoms with Crippen molar-refractivity contribution in [2.75, 3.05) is 20.2 Å². The molecule has 0 aliphatic rings. The summed E-state index contributed by atoms with van der Waals surface area (Å²) in [7, 11) is 1.58. The highest BCUT2D eigenvalue weighted by Crippen LogP contribution is 2.05. The molecule has 0 aromatic rings. The molecule has 0 heterocycles. The maximum Gasteiger partial charge on any atom is 0.222 e. The first-order chi connectivity index (χ1) is 7.17. The number of hydrogen-bond donors (Lipinski definition) is 2. The molecule has 0 bridgehead atoms. The molecule has 0 aliphatic heterocycles. The second kappa shape index (κ2) is 8.68. The van der Waals surface area contributed by atoms with Gasteiger partial charge in [0.1, 0.15) is 0 Å². The summed E-state index contributed by atoms with van der Waals surface area (Å²) in [4.78, 5) is 11.5. The molecule has 1 atom stereocenters. The number of methoxy groups -OCH3 is 1. The van der Waals surface area contributed by atoms with Crippen molar-refractivity contribution in [3.05, 3.63) is 0 Å². The van der Waals surface area contributed by atoms with Gasteiger partial charge in [-0.2, -0.15) is 0 Å². The predicted octanol–water partition coefficient (Wildman–Crippen LogP) is 0.903. The summed E-state index contributed by atoms with van der Waals surface area (Å²) in [5.74, 6) is 0.604. The van der Waals surface area contributed by atoms with Crippen LogP contribution >= 0.6 is 0 Å². The molecule has 4 heteroatoms. The number of carbonyl (C=O) groups excluding carboxylic acids is 1. The Morgan fingerprint density at radius 2 is 2.00 bits per heavy atom. The molecule has 0 aromatic carbocycles. The van der Waals surface area contributed by atoms with Crippen LogP contribution in [0.25, 0.3) is 0 Å². The quantitative estimate of drug-likeness (QED) is 0.633. The van der Waals surface area contributed by atoms with E-state index < -0.39 is 0 Å². The van der Waals surface area contributed by atoms with Gasteiger partial charge >= 0.3 is 0 Å². The van der Waals surface area contributed by atoms with Gasteiger partial charge in [0.05, 0.1) is 12.5 Å². The van der Waals surface area contributed by atoms with Crippen LogP contribution in [0.1, 0.15) is 33.1 Å². The van der Waals surface area contributed by atoms with Gasteiger partial charge in [0.25, 0.3) is 0 Å². The fraction of sp³-hybridized carbons (Fsp3) is 0.909. The van der Waals surface area contributed by atoms with Crippen molar-refractivity contribution in [2.24, 2.45) is 11.7 Å². The molecule has 0 aromatic heterocycles. The molecule has 0 saturated carbocycles. The minimum absolute atomic E-state index is 0.0270. The third-order valence-corrected chi connectivity index (χ3v) is 2.75. The van der Waals surface area contributed by atoms with Gasteiger partial charge in [-0.25, -0.2) is 0 Å². The highest BCUT2D eigenvalue weighted by Gasteiger charge is 2.12. The van der Waals surface area contributed by atoms with Crippen LogP contribution in [0.5, 0.6) is 0 Å². The molecule has 0 rings (SSSR count). The van der Waals surface area contributed by atoms with Gasteiger partial charge < -0.3 is 15.8 Å². The zero-order valence-electron chi connectivity index (χ0n) is 10.1. The van der Waals surface area contributed by atoms with Crippen molar-refractivity contribution in [3.63, 3.8) is 0 Å². The number of carbonyl (C=O) groups is 1. The van der Waals surface area contributed by atoms with Crippen molar-refractivity contribution in [1.29, 1.82) is 0 Å². The average molecular weight is 216 g/mol. The Labute approximate surface area is 92.6 Å². The first kappa shape index (κ1) is 14.4. The zero-order valence-corrected chi connectivity index (χ0v) is 10.1. The van der Waals surface area contributed by atoms with Crippen LogP contribution in [-0.2, 0) is 9.53 Å². The Bertz CT molecular complexity index is 166. The lowest BCUT2D eigenvalue weighted by molar-refractivity contribution is -0.123. The molecule has 4 nitrogen and oxygen atoms in total. The molecule has 90 valence electrons. The number of ether oxygens (including phenoxy) is 1. The Balaban J connectivity index is 3.73. The normalized spacial score (nSPS) is 12.9. The lowest BCUT2D eigenvalue weighted by Crippen LogP contribution is -2.34. The summed E-state index contributed by atoms with van der Waals surface area (Å²) in [6.45, 7) is 5.41. The van der Waals surface area contributed by atoms with Crippen LogP contribution in [0.15, 0.2) is 0 Å². The maximum atomic E-state index is 11.5. The Kier molecular flexibility index (Phi) is 8.33. The monoisotopic (exact) mass is 216 g/mol. The van der Waals surface area contributed by atoms with E-state index in [0.29, 0.717) is 18.9 Å². The van der Waals surface area contributed by atoms with Crippen LogP contribution in [0.3, 0.4) is 0 Å². The largest absolute Gasteiger partial charge is 0.380 e. The summed E-state index contributed by atoms with van der Waals surface area (Å²) in [6, 6.07) is 0. The Morgan fingerprint density at radius 1 is 1.40 bits per heavy atom. The summed E-state index contributed by atoms with van der Waals surface area (Å²) < 4.78 is 5.04. The third-order valence-electron chi connectivity index (χ3n) is 2.75. The molecule has 0 aliphatic carbocycles. The average Bonchev–Trinajstić information content (AvgIpc) is 2.27. The zero-order chi connectivity index (χ0) is 11.7. The van der Waals surface area contributed by atoms with Gasteiger partial charge in [-0.3, -0.25) is 4.79 Å². The Hall–Kier alpha value is -0.610. The van der Waals surface area contributed by atoms with E-state index >= 15 is 0 Å². The SMILES string of the molecule is CCC(CC)CNC(=O)CC(CN)OC. The number of nitrogens with two attached hydrogens (primary N) is 1. The van der Waals surface area contributed by atoms with E-state index in [2.05, 4.69) is 19.2 Å². The van der Waals surface area contributed by atoms with Gasteiger partial charge in [-0.1, -0.05) is 26.7 Å². The van der Waals surface area contributed by atoms with E-state index in [1.807, 2.05) is 0 Å². The topological polar surface area (TPSA) is 64.4 Å². The molecule has 15 heavy (non-hydrogen) atoms. The molecular formula is C11H24N2O2. The lowest BCUT2D eigenvalue weighted by atomic mass is 10.0. The standard InChI is InChI=1S/C11H24N2O2/c1-4-9(5-2)8-13-11(14)6-10(7-12)15-3/h9-10H,4-8,12H2,1-3H3,(H,13,14). The van der Waals surface area contributed by atoms with Crippen molar-refractivity contribution in [1.82, 2.24) is 5.32 Å². The van der Waals surface area contributed by atoms with Crippen molar-refractivity contribution in [3.8, 4) is 0 Å². The number of rotatable bonds is 8. The van der Waals surface area contributed by atoms with E-state index in [1.54, 1.807) is 7.11 Å². The van der Waals surface area contributed by atoms with Gasteiger partial charge in [-0.05, 0) is 5.92 Å². The second-order valence-corrected chi connectivity index (χ2v) is 3.78. The van der Waals surface area contributed by atoms with E-state index in [0.717, 1.165) is 19.4 Å². The predicted molar refractivity (Wildman–Crippen MR) is 61.6 cm³/mol. The molecule has 3 N–H and O–H groups in total. The molecule has 0 fully saturated rings. The number of hydrogen-bond acceptors (Lipinski definition) is 3. The van der Waals surface area contributed by atoms with E-state index in [1.165, 1.54) is 0 Å². The highest BCUT2D eigenvalue weighted by atomic mass is 16.5. The second-order valence-electron chi connectivity index (χ2n) is 3.78. The molecule has 0 spiro atoms. The van der Waals surface area contributed by atoms with E-state index in [9.17, 15) is 4.79 Å². The molecule has 0 saturated heterocycles. The van der Waals surface area contributed by atoms with Crippen LogP contribution in [0, 0.1) is 5.92 Å². The number of nitrogens with one attached hydrogen (secondary N) is 1. The highest BCUT2D eigenvalue weighted by molar-refractivity contribution is 5.76. The van der Waals surface area contributed by atoms with Crippen molar-refractivity contribution >= 4 is 5.91 Å². The molecule has 0 radical (unpaired) electrons. The first-order valence-electron chi connectivity index (χ1n) is 5.67. The fourth-order valence-electron chi connectivity index (χ4n) is 1.38. The van der Waals surface area contributed by atoms with Crippen molar-refractivity contribution in [2.45, 2.75) is 39.2 Å². The van der Waals surface area contributed by atoms with Crippen LogP contribution in [0.2, 0.25) is 0 Å². The Morgan fingerprint density at radius 3 is 2.40 bits per heavy atom. The molecular weight excluding hydrogens is 192 g/mol. The van der Waals surface area contributed by atoms with E-state index in [-0.39, 0.29) is 12.0 Å². The van der Waals surface area contributed by atoms with Gasteiger partial charge in [0.2, 0.25) is 5.91 Å².